The Morgan fingerprint density at radius 1 is 0.950 bits per heavy atom. The van der Waals surface area contributed by atoms with Crippen LogP contribution in [0.5, 0.6) is 0 Å². The molecule has 0 fully saturated rings. The third kappa shape index (κ3) is 8.26. The van der Waals surface area contributed by atoms with E-state index in [2.05, 4.69) is 10.8 Å². The van der Waals surface area contributed by atoms with Crippen molar-refractivity contribution in [2.45, 2.75) is 76.5 Å². The SMILES string of the molecule is CCCCCCCCC[Si](C)(C)OS(=O)(=O)C(F)(F)F. The molecular weight excluding hydrogens is 309 g/mol. The first kappa shape index (κ1) is 19.9. The van der Waals surface area contributed by atoms with Crippen molar-refractivity contribution in [1.29, 1.82) is 0 Å². The molecule has 0 aliphatic rings. The zero-order valence-corrected chi connectivity index (χ0v) is 14.2. The van der Waals surface area contributed by atoms with Crippen LogP contribution >= 0.6 is 0 Å². The van der Waals surface area contributed by atoms with Crippen molar-refractivity contribution in [3.05, 3.63) is 0 Å². The third-order valence-corrected chi connectivity index (χ3v) is 7.81. The molecule has 0 aromatic heterocycles. The van der Waals surface area contributed by atoms with Gasteiger partial charge >= 0.3 is 15.6 Å². The molecule has 0 atom stereocenters. The molecule has 0 aromatic carbocycles. The Hall–Kier alpha value is -0.0831. The van der Waals surface area contributed by atoms with Gasteiger partial charge in [-0.3, -0.25) is 0 Å². The van der Waals surface area contributed by atoms with E-state index in [9.17, 15) is 21.6 Å². The molecule has 3 nitrogen and oxygen atoms in total. The lowest BCUT2D eigenvalue weighted by atomic mass is 10.1. The van der Waals surface area contributed by atoms with Gasteiger partial charge in [-0.25, -0.2) is 0 Å². The van der Waals surface area contributed by atoms with E-state index in [1.807, 2.05) is 0 Å². The number of hydrogen-bond acceptors (Lipinski definition) is 3. The highest BCUT2D eigenvalue weighted by Gasteiger charge is 2.50. The number of unbranched alkanes of at least 4 members (excludes halogenated alkanes) is 6. The Balaban J connectivity index is 4.03. The van der Waals surface area contributed by atoms with Crippen molar-refractivity contribution in [3.63, 3.8) is 0 Å². The van der Waals surface area contributed by atoms with Gasteiger partial charge in [-0.15, -0.1) is 0 Å². The molecule has 0 N–H and O–H groups in total. The van der Waals surface area contributed by atoms with E-state index >= 15 is 0 Å². The van der Waals surface area contributed by atoms with Gasteiger partial charge in [0.2, 0.25) is 8.32 Å². The second kappa shape index (κ2) is 8.38. The summed E-state index contributed by atoms with van der Waals surface area (Å²) in [4.78, 5) is 0. The van der Waals surface area contributed by atoms with Crippen molar-refractivity contribution >= 4 is 18.4 Å². The lowest BCUT2D eigenvalue weighted by Gasteiger charge is -2.22. The molecular formula is C12H25F3O3SSi. The van der Waals surface area contributed by atoms with E-state index in [1.165, 1.54) is 32.4 Å². The fourth-order valence-corrected chi connectivity index (χ4v) is 6.08. The van der Waals surface area contributed by atoms with Crippen LogP contribution in [-0.2, 0) is 14.0 Å². The van der Waals surface area contributed by atoms with Crippen LogP contribution in [0.2, 0.25) is 19.1 Å². The smallest absolute Gasteiger partial charge is 0.308 e. The fraction of sp³-hybridized carbons (Fsp3) is 1.00. The van der Waals surface area contributed by atoms with E-state index in [0.29, 0.717) is 6.04 Å². The van der Waals surface area contributed by atoms with Crippen LogP contribution in [0, 0.1) is 0 Å². The predicted molar refractivity (Wildman–Crippen MR) is 76.3 cm³/mol. The maximum atomic E-state index is 12.2. The second-order valence-corrected chi connectivity index (χ2v) is 11.7. The van der Waals surface area contributed by atoms with Crippen LogP contribution in [-0.4, -0.2) is 22.2 Å². The van der Waals surface area contributed by atoms with Gasteiger partial charge in [-0.05, 0) is 19.1 Å². The Morgan fingerprint density at radius 2 is 1.40 bits per heavy atom. The molecule has 122 valence electrons. The summed E-state index contributed by atoms with van der Waals surface area (Å²) in [7, 11) is -8.28. The highest BCUT2D eigenvalue weighted by molar-refractivity contribution is 7.88. The third-order valence-electron chi connectivity index (χ3n) is 3.00. The van der Waals surface area contributed by atoms with Gasteiger partial charge in [0.15, 0.2) is 0 Å². The zero-order valence-electron chi connectivity index (χ0n) is 12.4. The maximum absolute atomic E-state index is 12.2. The average molecular weight is 334 g/mol. The lowest BCUT2D eigenvalue weighted by molar-refractivity contribution is -0.0503. The van der Waals surface area contributed by atoms with Gasteiger partial charge in [-0.2, -0.15) is 21.6 Å². The number of hydrogen-bond donors (Lipinski definition) is 0. The topological polar surface area (TPSA) is 43.4 Å². The highest BCUT2D eigenvalue weighted by Crippen LogP contribution is 2.29. The number of rotatable bonds is 10. The minimum atomic E-state index is -5.45. The first-order valence-electron chi connectivity index (χ1n) is 7.04. The van der Waals surface area contributed by atoms with Crippen LogP contribution in [0.1, 0.15) is 51.9 Å². The molecule has 0 amide bonds. The van der Waals surface area contributed by atoms with Gasteiger partial charge in [0.25, 0.3) is 0 Å². The summed E-state index contributed by atoms with van der Waals surface area (Å²) in [6, 6.07) is 0.427. The van der Waals surface area contributed by atoms with E-state index in [1.54, 1.807) is 0 Å². The molecule has 0 unspecified atom stereocenters. The first-order chi connectivity index (χ1) is 9.02. The summed E-state index contributed by atoms with van der Waals surface area (Å²) in [6.45, 7) is 5.15. The molecule has 0 bridgehead atoms. The monoisotopic (exact) mass is 334 g/mol. The number of halogens is 3. The maximum Gasteiger partial charge on any atom is 0.522 e. The Kier molecular flexibility index (Phi) is 8.35. The standard InChI is InChI=1S/C12H25F3O3SSi/c1-4-5-6-7-8-9-10-11-20(2,3)18-19(16,17)12(13,14)15/h4-11H2,1-3H3. The molecule has 0 spiro atoms. The van der Waals surface area contributed by atoms with E-state index in [-0.39, 0.29) is 0 Å². The van der Waals surface area contributed by atoms with Crippen LogP contribution < -0.4 is 0 Å². The summed E-state index contributed by atoms with van der Waals surface area (Å²) in [5.41, 5.74) is -5.32. The van der Waals surface area contributed by atoms with Gasteiger partial charge in [0.05, 0.1) is 0 Å². The molecule has 0 radical (unpaired) electrons. The highest BCUT2D eigenvalue weighted by atomic mass is 32.2. The zero-order chi connectivity index (χ0) is 15.9. The van der Waals surface area contributed by atoms with E-state index in [0.717, 1.165) is 25.7 Å². The van der Waals surface area contributed by atoms with Crippen molar-refractivity contribution in [2.24, 2.45) is 0 Å². The molecule has 0 saturated carbocycles. The molecule has 0 aliphatic heterocycles. The summed E-state index contributed by atoms with van der Waals surface area (Å²) in [5, 5.41) is 0. The Morgan fingerprint density at radius 3 is 1.85 bits per heavy atom. The van der Waals surface area contributed by atoms with Crippen molar-refractivity contribution in [2.75, 3.05) is 0 Å². The minimum Gasteiger partial charge on any atom is -0.308 e. The molecule has 0 saturated heterocycles. The minimum absolute atomic E-state index is 0.427. The first-order valence-corrected chi connectivity index (χ1v) is 11.6. The van der Waals surface area contributed by atoms with Crippen molar-refractivity contribution < 1.29 is 25.5 Å². The van der Waals surface area contributed by atoms with Gasteiger partial charge in [0.1, 0.15) is 0 Å². The molecule has 0 rings (SSSR count). The van der Waals surface area contributed by atoms with Crippen LogP contribution in [0.3, 0.4) is 0 Å². The fourth-order valence-electron chi connectivity index (χ4n) is 1.89. The van der Waals surface area contributed by atoms with E-state index < -0.39 is 23.9 Å². The molecule has 20 heavy (non-hydrogen) atoms. The summed E-state index contributed by atoms with van der Waals surface area (Å²) in [5.74, 6) is 0. The molecule has 0 heterocycles. The molecule has 0 aliphatic carbocycles. The Labute approximate surface area is 121 Å². The van der Waals surface area contributed by atoms with Crippen LogP contribution in [0.15, 0.2) is 0 Å². The average Bonchev–Trinajstić information content (AvgIpc) is 2.24. The van der Waals surface area contributed by atoms with E-state index in [4.69, 9.17) is 0 Å². The van der Waals surface area contributed by atoms with Crippen LogP contribution in [0.25, 0.3) is 0 Å². The lowest BCUT2D eigenvalue weighted by Crippen LogP contribution is -2.38. The predicted octanol–water partition coefficient (Wildman–Crippen LogP) is 4.81. The second-order valence-electron chi connectivity index (χ2n) is 5.61. The summed E-state index contributed by atoms with van der Waals surface area (Å²) < 4.78 is 63.0. The normalized spacial score (nSPS) is 13.7. The van der Waals surface area contributed by atoms with Gasteiger partial charge < -0.3 is 3.87 Å². The van der Waals surface area contributed by atoms with Crippen LogP contribution in [0.4, 0.5) is 13.2 Å². The molecule has 0 aromatic rings. The van der Waals surface area contributed by atoms with Crippen molar-refractivity contribution in [3.8, 4) is 0 Å². The summed E-state index contributed by atoms with van der Waals surface area (Å²) >= 11 is 0. The van der Waals surface area contributed by atoms with Gasteiger partial charge in [0, 0.05) is 0 Å². The number of alkyl halides is 3. The quantitative estimate of drug-likeness (QED) is 0.327. The summed E-state index contributed by atoms with van der Waals surface area (Å²) in [6.07, 6.45) is 7.34. The largest absolute Gasteiger partial charge is 0.522 e. The van der Waals surface area contributed by atoms with Crippen molar-refractivity contribution in [1.82, 2.24) is 0 Å². The van der Waals surface area contributed by atoms with Gasteiger partial charge in [-0.1, -0.05) is 51.9 Å². The molecule has 8 heteroatoms. The Bertz CT molecular complexity index is 367.